The number of aromatic nitrogens is 2. The molecule has 0 aliphatic rings. The van der Waals surface area contributed by atoms with Crippen LogP contribution < -0.4 is 0 Å². The summed E-state index contributed by atoms with van der Waals surface area (Å²) in [7, 11) is 0. The lowest BCUT2D eigenvalue weighted by atomic mass is 10.1. The van der Waals surface area contributed by atoms with Gasteiger partial charge in [-0.3, -0.25) is 4.40 Å². The van der Waals surface area contributed by atoms with E-state index in [1.807, 2.05) is 38.1 Å². The second kappa shape index (κ2) is 4.72. The van der Waals surface area contributed by atoms with Crippen LogP contribution in [0.5, 0.6) is 0 Å². The summed E-state index contributed by atoms with van der Waals surface area (Å²) in [6.07, 6.45) is 1.79. The molecule has 0 aliphatic carbocycles. The van der Waals surface area contributed by atoms with Crippen LogP contribution in [0.4, 0.5) is 5.82 Å². The molecule has 3 aromatic rings. The van der Waals surface area contributed by atoms with E-state index in [1.54, 1.807) is 16.7 Å². The highest BCUT2D eigenvalue weighted by Gasteiger charge is 2.16. The van der Waals surface area contributed by atoms with Gasteiger partial charge in [0, 0.05) is 16.8 Å². The first-order valence-corrected chi connectivity index (χ1v) is 6.57. The van der Waals surface area contributed by atoms with Gasteiger partial charge in [0.15, 0.2) is 0 Å². The van der Waals surface area contributed by atoms with Gasteiger partial charge in [-0.1, -0.05) is 23.7 Å². The fourth-order valence-electron chi connectivity index (χ4n) is 2.26. The Bertz CT molecular complexity index is 823. The van der Waals surface area contributed by atoms with E-state index in [9.17, 15) is 4.91 Å². The van der Waals surface area contributed by atoms with E-state index in [4.69, 9.17) is 11.6 Å². The standard InChI is InChI=1S/C15H12ClN3O/c1-9-4-3-7-19-14(9)17-13(15(19)18-20)11-5-6-12(16)10(2)8-11/h3-8H,1-2H3. The number of halogens is 1. The van der Waals surface area contributed by atoms with Crippen molar-refractivity contribution < 1.29 is 0 Å². The molecular formula is C15H12ClN3O. The highest BCUT2D eigenvalue weighted by Crippen LogP contribution is 2.33. The zero-order valence-corrected chi connectivity index (χ0v) is 11.8. The molecule has 3 rings (SSSR count). The van der Waals surface area contributed by atoms with Crippen molar-refractivity contribution in [1.82, 2.24) is 9.38 Å². The zero-order chi connectivity index (χ0) is 14.3. The molecule has 1 aromatic carbocycles. The summed E-state index contributed by atoms with van der Waals surface area (Å²) in [6, 6.07) is 9.39. The number of nitroso groups, excluding NO2 is 1. The first-order chi connectivity index (χ1) is 9.61. The van der Waals surface area contributed by atoms with E-state index < -0.39 is 0 Å². The van der Waals surface area contributed by atoms with Crippen LogP contribution in [0, 0.1) is 18.8 Å². The number of pyridine rings is 1. The molecule has 5 heteroatoms. The molecule has 4 nitrogen and oxygen atoms in total. The summed E-state index contributed by atoms with van der Waals surface area (Å²) in [5.74, 6) is 0.311. The molecule has 0 saturated heterocycles. The summed E-state index contributed by atoms with van der Waals surface area (Å²) in [6.45, 7) is 3.87. The van der Waals surface area contributed by atoms with Crippen molar-refractivity contribution in [1.29, 1.82) is 0 Å². The highest BCUT2D eigenvalue weighted by atomic mass is 35.5. The third-order valence-electron chi connectivity index (χ3n) is 3.34. The third kappa shape index (κ3) is 1.89. The molecule has 2 heterocycles. The maximum absolute atomic E-state index is 11.2. The molecule has 0 N–H and O–H groups in total. The molecule has 20 heavy (non-hydrogen) atoms. The van der Waals surface area contributed by atoms with Gasteiger partial charge >= 0.3 is 0 Å². The second-order valence-corrected chi connectivity index (χ2v) is 5.13. The van der Waals surface area contributed by atoms with E-state index in [0.29, 0.717) is 16.5 Å². The quantitative estimate of drug-likeness (QED) is 0.642. The number of hydrogen-bond donors (Lipinski definition) is 0. The molecule has 0 unspecified atom stereocenters. The van der Waals surface area contributed by atoms with Gasteiger partial charge in [-0.2, -0.15) is 0 Å². The third-order valence-corrected chi connectivity index (χ3v) is 3.76. The Labute approximate surface area is 121 Å². The summed E-state index contributed by atoms with van der Waals surface area (Å²) in [4.78, 5) is 15.8. The monoisotopic (exact) mass is 285 g/mol. The van der Waals surface area contributed by atoms with Gasteiger partial charge in [0.05, 0.1) is 0 Å². The van der Waals surface area contributed by atoms with E-state index in [-0.39, 0.29) is 0 Å². The van der Waals surface area contributed by atoms with Gasteiger partial charge in [0.2, 0.25) is 5.82 Å². The summed E-state index contributed by atoms with van der Waals surface area (Å²) in [5, 5.41) is 3.83. The van der Waals surface area contributed by atoms with Crippen molar-refractivity contribution in [2.75, 3.05) is 0 Å². The fourth-order valence-corrected chi connectivity index (χ4v) is 2.38. The molecule has 0 amide bonds. The van der Waals surface area contributed by atoms with E-state index in [2.05, 4.69) is 10.2 Å². The minimum Gasteiger partial charge on any atom is -0.281 e. The number of hydrogen-bond acceptors (Lipinski definition) is 3. The lowest BCUT2D eigenvalue weighted by molar-refractivity contribution is 1.14. The van der Waals surface area contributed by atoms with E-state index in [1.165, 1.54) is 0 Å². The summed E-state index contributed by atoms with van der Waals surface area (Å²) >= 11 is 6.03. The Kier molecular flexibility index (Phi) is 3.03. The first-order valence-electron chi connectivity index (χ1n) is 6.19. The first kappa shape index (κ1) is 12.8. The SMILES string of the molecule is Cc1cc(-c2nc3c(C)cccn3c2N=O)ccc1Cl. The van der Waals surface area contributed by atoms with Crippen molar-refractivity contribution in [2.45, 2.75) is 13.8 Å². The number of fused-ring (bicyclic) bond motifs is 1. The smallest absolute Gasteiger partial charge is 0.209 e. The van der Waals surface area contributed by atoms with Gasteiger partial charge in [-0.25, -0.2) is 4.98 Å². The maximum atomic E-state index is 11.2. The van der Waals surface area contributed by atoms with E-state index in [0.717, 1.165) is 22.3 Å². The maximum Gasteiger partial charge on any atom is 0.209 e. The molecule has 2 aromatic heterocycles. The highest BCUT2D eigenvalue weighted by molar-refractivity contribution is 6.31. The minimum atomic E-state index is 0.311. The number of rotatable bonds is 2. The molecule has 0 atom stereocenters. The largest absolute Gasteiger partial charge is 0.281 e. The topological polar surface area (TPSA) is 46.7 Å². The average molecular weight is 286 g/mol. The normalized spacial score (nSPS) is 10.9. The molecule has 100 valence electrons. The predicted octanol–water partition coefficient (Wildman–Crippen LogP) is 4.67. The average Bonchev–Trinajstić information content (AvgIpc) is 2.82. The Balaban J connectivity index is 2.33. The van der Waals surface area contributed by atoms with Crippen LogP contribution in [-0.2, 0) is 0 Å². The van der Waals surface area contributed by atoms with Gasteiger partial charge in [-0.15, -0.1) is 4.91 Å². The van der Waals surface area contributed by atoms with Crippen molar-refractivity contribution in [3.8, 4) is 11.3 Å². The van der Waals surface area contributed by atoms with Crippen molar-refractivity contribution in [2.24, 2.45) is 5.18 Å². The molecule has 0 fully saturated rings. The summed E-state index contributed by atoms with van der Waals surface area (Å²) in [5.41, 5.74) is 4.09. The van der Waals surface area contributed by atoms with Crippen LogP contribution in [0.2, 0.25) is 5.02 Å². The molecule has 0 radical (unpaired) electrons. The number of nitrogens with zero attached hydrogens (tertiary/aromatic N) is 3. The molecule has 0 bridgehead atoms. The molecule has 0 spiro atoms. The van der Waals surface area contributed by atoms with Crippen LogP contribution in [0.1, 0.15) is 11.1 Å². The Morgan fingerprint density at radius 3 is 2.70 bits per heavy atom. The Hall–Kier alpha value is -2.20. The Morgan fingerprint density at radius 2 is 2.00 bits per heavy atom. The van der Waals surface area contributed by atoms with Crippen LogP contribution in [0.25, 0.3) is 16.9 Å². The van der Waals surface area contributed by atoms with Crippen LogP contribution in [0.15, 0.2) is 41.7 Å². The van der Waals surface area contributed by atoms with Crippen molar-refractivity contribution in [3.63, 3.8) is 0 Å². The Morgan fingerprint density at radius 1 is 1.20 bits per heavy atom. The number of aryl methyl sites for hydroxylation is 2. The van der Waals surface area contributed by atoms with E-state index >= 15 is 0 Å². The van der Waals surface area contributed by atoms with Crippen LogP contribution in [0.3, 0.4) is 0 Å². The zero-order valence-electron chi connectivity index (χ0n) is 11.1. The van der Waals surface area contributed by atoms with Crippen LogP contribution >= 0.6 is 11.6 Å². The summed E-state index contributed by atoms with van der Waals surface area (Å²) < 4.78 is 1.71. The van der Waals surface area contributed by atoms with Crippen LogP contribution in [-0.4, -0.2) is 9.38 Å². The molecular weight excluding hydrogens is 274 g/mol. The van der Waals surface area contributed by atoms with Crippen molar-refractivity contribution in [3.05, 3.63) is 57.6 Å². The number of imidazole rings is 1. The van der Waals surface area contributed by atoms with Gasteiger partial charge in [-0.05, 0) is 48.4 Å². The molecule has 0 aliphatic heterocycles. The van der Waals surface area contributed by atoms with Gasteiger partial charge < -0.3 is 0 Å². The van der Waals surface area contributed by atoms with Gasteiger partial charge in [0.1, 0.15) is 11.3 Å². The lowest BCUT2D eigenvalue weighted by Gasteiger charge is -2.01. The predicted molar refractivity (Wildman–Crippen MR) is 80.6 cm³/mol. The minimum absolute atomic E-state index is 0.311. The van der Waals surface area contributed by atoms with Gasteiger partial charge in [0.25, 0.3) is 0 Å². The number of benzene rings is 1. The second-order valence-electron chi connectivity index (χ2n) is 4.72. The molecule has 0 saturated carbocycles. The fraction of sp³-hybridized carbons (Fsp3) is 0.133. The van der Waals surface area contributed by atoms with Crippen molar-refractivity contribution >= 4 is 23.1 Å². The lowest BCUT2D eigenvalue weighted by Crippen LogP contribution is -1.85.